The summed E-state index contributed by atoms with van der Waals surface area (Å²) in [7, 11) is 0. The van der Waals surface area contributed by atoms with Crippen LogP contribution in [0.2, 0.25) is 0 Å². The Labute approximate surface area is 349 Å². The fourth-order valence-corrected chi connectivity index (χ4v) is 10.5. The van der Waals surface area contributed by atoms with Crippen molar-refractivity contribution in [2.45, 2.75) is 147 Å². The molecule has 0 atom stereocenters. The number of nitrogens with zero attached hydrogens (tertiary/aromatic N) is 8. The van der Waals surface area contributed by atoms with Crippen LogP contribution in [0.4, 0.5) is 16.3 Å². The van der Waals surface area contributed by atoms with Crippen LogP contribution in [0.5, 0.6) is 0 Å². The third-order valence-corrected chi connectivity index (χ3v) is 14.2. The Morgan fingerprint density at radius 1 is 0.864 bits per heavy atom. The molecular formula is C46H65N9O4. The number of imidazole rings is 1. The minimum Gasteiger partial charge on any atom is -0.444 e. The normalized spacial score (nSPS) is 24.2. The second kappa shape index (κ2) is 15.0. The topological polar surface area (TPSA) is 119 Å². The van der Waals surface area contributed by atoms with Gasteiger partial charge in [0.05, 0.1) is 28.5 Å². The minimum atomic E-state index is -0.745. The summed E-state index contributed by atoms with van der Waals surface area (Å²) < 4.78 is 7.81. The monoisotopic (exact) mass is 808 g/mol. The predicted molar refractivity (Wildman–Crippen MR) is 231 cm³/mol. The van der Waals surface area contributed by atoms with E-state index in [1.807, 2.05) is 45.8 Å². The highest BCUT2D eigenvalue weighted by atomic mass is 16.6. The number of carbonyl (C=O) groups excluding carboxylic acids is 3. The Balaban J connectivity index is 0.968. The number of hydrogen-bond donors (Lipinski definition) is 1. The van der Waals surface area contributed by atoms with Crippen molar-refractivity contribution in [3.8, 4) is 11.3 Å². The summed E-state index contributed by atoms with van der Waals surface area (Å²) in [5.41, 5.74) is 3.96. The number of aromatic nitrogens is 3. The fourth-order valence-electron chi connectivity index (χ4n) is 10.5. The number of rotatable bonds is 8. The molecule has 6 aliphatic rings. The molecule has 1 aromatic carbocycles. The summed E-state index contributed by atoms with van der Waals surface area (Å²) in [5.74, 6) is 1.16. The minimum absolute atomic E-state index is 0.0799. The lowest BCUT2D eigenvalue weighted by Crippen LogP contribution is -2.63. The van der Waals surface area contributed by atoms with Gasteiger partial charge in [0, 0.05) is 74.7 Å². The third kappa shape index (κ3) is 7.38. The van der Waals surface area contributed by atoms with E-state index in [9.17, 15) is 9.59 Å². The standard InChI is InChI=1S/C46H65N9O4/c1-30(2)54-29-47-37-28-36(49-40(39(37)54)48-32-12-13-32)31-11-14-35-38(25-31)55(34-26-33(27-34)50-17-9-8-10-18-50)42(57)46(35)15-19-51(20-16-46)41(56)45(6,7)53-23-21-52(22-24-53)43(58)59-44(3,4)5/h11,14,25,28-30,32-34H,8-10,12-13,15-24,26-27H2,1-7H3,(H,48,49). The van der Waals surface area contributed by atoms with Crippen LogP contribution in [0.1, 0.15) is 118 Å². The molecule has 318 valence electrons. The molecule has 0 unspecified atom stereocenters. The summed E-state index contributed by atoms with van der Waals surface area (Å²) in [5, 5.41) is 3.70. The van der Waals surface area contributed by atoms with Crippen LogP contribution in [0.15, 0.2) is 30.6 Å². The highest BCUT2D eigenvalue weighted by Crippen LogP contribution is 2.52. The first-order valence-corrected chi connectivity index (χ1v) is 22.5. The van der Waals surface area contributed by atoms with Gasteiger partial charge in [-0.05, 0) is 131 Å². The number of pyridine rings is 1. The number of ether oxygens (including phenoxy) is 1. The Bertz CT molecular complexity index is 2090. The van der Waals surface area contributed by atoms with Gasteiger partial charge in [-0.2, -0.15) is 0 Å². The largest absolute Gasteiger partial charge is 0.444 e. The number of nitrogens with one attached hydrogen (secondary N) is 1. The number of likely N-dealkylation sites (tertiary alicyclic amines) is 2. The lowest BCUT2D eigenvalue weighted by molar-refractivity contribution is -0.146. The molecular weight excluding hydrogens is 743 g/mol. The van der Waals surface area contributed by atoms with Crippen LogP contribution in [0, 0.1) is 0 Å². The van der Waals surface area contributed by atoms with Gasteiger partial charge in [0.1, 0.15) is 11.1 Å². The molecule has 0 bridgehead atoms. The van der Waals surface area contributed by atoms with Crippen molar-refractivity contribution in [1.29, 1.82) is 0 Å². The number of piperazine rings is 1. The predicted octanol–water partition coefficient (Wildman–Crippen LogP) is 6.81. The van der Waals surface area contributed by atoms with E-state index in [0.29, 0.717) is 64.2 Å². The zero-order valence-corrected chi connectivity index (χ0v) is 36.4. The van der Waals surface area contributed by atoms with Crippen molar-refractivity contribution in [1.82, 2.24) is 34.1 Å². The number of carbonyl (C=O) groups is 3. The lowest BCUT2D eigenvalue weighted by atomic mass is 9.73. The molecule has 2 aliphatic carbocycles. The van der Waals surface area contributed by atoms with E-state index >= 15 is 4.79 Å². The Morgan fingerprint density at radius 2 is 1.56 bits per heavy atom. The van der Waals surface area contributed by atoms with Gasteiger partial charge in [-0.15, -0.1) is 0 Å². The van der Waals surface area contributed by atoms with Gasteiger partial charge in [-0.25, -0.2) is 14.8 Å². The summed E-state index contributed by atoms with van der Waals surface area (Å²) in [4.78, 5) is 63.1. The number of amides is 3. The summed E-state index contributed by atoms with van der Waals surface area (Å²) in [6, 6.07) is 10.1. The maximum Gasteiger partial charge on any atom is 0.410 e. The molecule has 13 nitrogen and oxygen atoms in total. The number of fused-ring (bicyclic) bond motifs is 3. The summed E-state index contributed by atoms with van der Waals surface area (Å²) in [6.45, 7) is 19.6. The maximum atomic E-state index is 15.1. The average Bonchev–Trinajstić information content (AvgIpc) is 3.86. The van der Waals surface area contributed by atoms with Crippen molar-refractivity contribution < 1.29 is 19.1 Å². The molecule has 5 fully saturated rings. The first-order valence-electron chi connectivity index (χ1n) is 22.5. The molecule has 4 aliphatic heterocycles. The highest BCUT2D eigenvalue weighted by Gasteiger charge is 2.56. The van der Waals surface area contributed by atoms with Gasteiger partial charge in [-0.1, -0.05) is 18.6 Å². The number of hydrogen-bond acceptors (Lipinski definition) is 9. The highest BCUT2D eigenvalue weighted by molar-refractivity contribution is 6.09. The van der Waals surface area contributed by atoms with Crippen LogP contribution in [0.25, 0.3) is 22.3 Å². The molecule has 3 amide bonds. The Morgan fingerprint density at radius 3 is 2.20 bits per heavy atom. The van der Waals surface area contributed by atoms with Crippen molar-refractivity contribution in [2.75, 3.05) is 62.6 Å². The van der Waals surface area contributed by atoms with Crippen molar-refractivity contribution >= 4 is 40.4 Å². The first-order chi connectivity index (χ1) is 28.1. The Kier molecular flexibility index (Phi) is 10.2. The molecule has 3 aromatic rings. The van der Waals surface area contributed by atoms with Crippen LogP contribution >= 0.6 is 0 Å². The van der Waals surface area contributed by atoms with Gasteiger partial charge >= 0.3 is 6.09 Å². The Hall–Kier alpha value is -4.23. The van der Waals surface area contributed by atoms with E-state index in [-0.39, 0.29) is 30.0 Å². The zero-order valence-electron chi connectivity index (χ0n) is 36.4. The number of anilines is 2. The van der Waals surface area contributed by atoms with Gasteiger partial charge < -0.3 is 34.2 Å². The van der Waals surface area contributed by atoms with E-state index in [1.165, 1.54) is 19.3 Å². The van der Waals surface area contributed by atoms with Gasteiger partial charge in [0.2, 0.25) is 11.8 Å². The molecule has 2 saturated carbocycles. The van der Waals surface area contributed by atoms with Gasteiger partial charge in [0.15, 0.2) is 5.82 Å². The molecule has 1 spiro atoms. The van der Waals surface area contributed by atoms with E-state index in [0.717, 1.165) is 78.1 Å². The first kappa shape index (κ1) is 40.2. The van der Waals surface area contributed by atoms with E-state index < -0.39 is 16.6 Å². The molecule has 0 radical (unpaired) electrons. The molecule has 1 N–H and O–H groups in total. The van der Waals surface area contributed by atoms with Crippen molar-refractivity contribution in [2.24, 2.45) is 0 Å². The SMILES string of the molecule is CC(C)n1cnc2cc(-c3ccc4c(c3)N(C3CC(N5CCCCC5)C3)C(=O)C43CCN(C(=O)C(C)(C)N4CCN(C(=O)OC(C)(C)C)CC4)CC3)nc(NC3CC3)c21. The van der Waals surface area contributed by atoms with Crippen LogP contribution in [-0.4, -0.2) is 134 Å². The second-order valence-electron chi connectivity index (χ2n) is 20.1. The van der Waals surface area contributed by atoms with E-state index in [2.05, 4.69) is 62.7 Å². The van der Waals surface area contributed by atoms with Gasteiger partial charge in [0.25, 0.3) is 0 Å². The number of piperidine rings is 2. The van der Waals surface area contributed by atoms with Crippen LogP contribution in [0.3, 0.4) is 0 Å². The molecule has 2 aromatic heterocycles. The quantitative estimate of drug-likeness (QED) is 0.262. The van der Waals surface area contributed by atoms with Crippen LogP contribution < -0.4 is 10.2 Å². The van der Waals surface area contributed by atoms with Gasteiger partial charge in [-0.3, -0.25) is 14.5 Å². The van der Waals surface area contributed by atoms with Crippen molar-refractivity contribution in [3.05, 3.63) is 36.2 Å². The smallest absolute Gasteiger partial charge is 0.410 e. The molecule has 3 saturated heterocycles. The lowest BCUT2D eigenvalue weighted by Gasteiger charge is -2.49. The molecule has 9 rings (SSSR count). The van der Waals surface area contributed by atoms with E-state index in [1.54, 1.807) is 4.90 Å². The molecule has 6 heterocycles. The average molecular weight is 808 g/mol. The zero-order chi connectivity index (χ0) is 41.4. The summed E-state index contributed by atoms with van der Waals surface area (Å²) in [6.07, 6.45) is 10.9. The molecule has 59 heavy (non-hydrogen) atoms. The van der Waals surface area contributed by atoms with Crippen LogP contribution in [-0.2, 0) is 19.7 Å². The fraction of sp³-hybridized carbons (Fsp3) is 0.674. The molecule has 13 heteroatoms. The third-order valence-electron chi connectivity index (χ3n) is 14.2. The van der Waals surface area contributed by atoms with Crippen molar-refractivity contribution in [3.63, 3.8) is 0 Å². The number of benzene rings is 1. The second-order valence-corrected chi connectivity index (χ2v) is 20.1. The van der Waals surface area contributed by atoms with E-state index in [4.69, 9.17) is 14.7 Å². The summed E-state index contributed by atoms with van der Waals surface area (Å²) >= 11 is 0. The maximum absolute atomic E-state index is 15.1.